The van der Waals surface area contributed by atoms with Gasteiger partial charge in [0.2, 0.25) is 0 Å². The third-order valence-corrected chi connectivity index (χ3v) is 6.55. The largest absolute Gasteiger partial charge is 0.290 e. The molecule has 2 aliphatic rings. The standard InChI is InChI=1S/C20H21N3OS/c1-23-18(24)16-17(22-19(23)25-12-11-21)15-8-4-3-7-14(15)13-20(16)9-5-2-6-10-20/h3-4,7-8H,2,5-6,9-10,12-13H2,1H3. The maximum atomic E-state index is 13.3. The minimum absolute atomic E-state index is 0.0673. The van der Waals surface area contributed by atoms with Crippen LogP contribution in [-0.2, 0) is 18.9 Å². The Morgan fingerprint density at radius 1 is 1.28 bits per heavy atom. The fraction of sp³-hybridized carbons (Fsp3) is 0.450. The molecule has 1 saturated carbocycles. The predicted octanol–water partition coefficient (Wildman–Crippen LogP) is 3.82. The highest BCUT2D eigenvalue weighted by atomic mass is 32.2. The first-order valence-corrected chi connectivity index (χ1v) is 9.84. The van der Waals surface area contributed by atoms with Gasteiger partial charge in [0.1, 0.15) is 0 Å². The van der Waals surface area contributed by atoms with Crippen LogP contribution in [0.2, 0.25) is 0 Å². The molecule has 0 radical (unpaired) electrons. The van der Waals surface area contributed by atoms with Crippen LogP contribution < -0.4 is 5.56 Å². The Morgan fingerprint density at radius 2 is 2.04 bits per heavy atom. The molecular formula is C20H21N3OS. The SMILES string of the molecule is Cn1c(SCC#N)nc2c(c1=O)C1(CCCCC1)Cc1ccccc1-2. The summed E-state index contributed by atoms with van der Waals surface area (Å²) in [4.78, 5) is 18.2. The van der Waals surface area contributed by atoms with Crippen molar-refractivity contribution in [1.82, 2.24) is 9.55 Å². The average Bonchev–Trinajstić information content (AvgIpc) is 2.64. The predicted molar refractivity (Wildman–Crippen MR) is 99.7 cm³/mol. The van der Waals surface area contributed by atoms with E-state index in [1.54, 1.807) is 11.6 Å². The fourth-order valence-corrected chi connectivity index (χ4v) is 5.12. The van der Waals surface area contributed by atoms with Gasteiger partial charge in [-0.2, -0.15) is 5.26 Å². The highest BCUT2D eigenvalue weighted by molar-refractivity contribution is 7.99. The minimum atomic E-state index is -0.0673. The third kappa shape index (κ3) is 2.60. The molecule has 1 heterocycles. The monoisotopic (exact) mass is 351 g/mol. The summed E-state index contributed by atoms with van der Waals surface area (Å²) in [6, 6.07) is 10.5. The molecule has 0 aliphatic heterocycles. The Hall–Kier alpha value is -2.06. The Balaban J connectivity index is 1.99. The van der Waals surface area contributed by atoms with E-state index in [0.717, 1.165) is 36.1 Å². The van der Waals surface area contributed by atoms with Gasteiger partial charge in [0.25, 0.3) is 5.56 Å². The van der Waals surface area contributed by atoms with Crippen LogP contribution in [0.1, 0.15) is 43.2 Å². The minimum Gasteiger partial charge on any atom is -0.290 e. The molecule has 2 aliphatic carbocycles. The zero-order valence-corrected chi connectivity index (χ0v) is 15.2. The topological polar surface area (TPSA) is 58.7 Å². The van der Waals surface area contributed by atoms with Crippen molar-refractivity contribution in [1.29, 1.82) is 5.26 Å². The second-order valence-corrected chi connectivity index (χ2v) is 8.05. The number of fused-ring (bicyclic) bond motifs is 4. The van der Waals surface area contributed by atoms with Gasteiger partial charge in [-0.3, -0.25) is 9.36 Å². The van der Waals surface area contributed by atoms with Gasteiger partial charge in [-0.15, -0.1) is 0 Å². The van der Waals surface area contributed by atoms with E-state index in [9.17, 15) is 4.79 Å². The van der Waals surface area contributed by atoms with Crippen LogP contribution in [-0.4, -0.2) is 15.3 Å². The molecule has 1 spiro atoms. The van der Waals surface area contributed by atoms with Crippen LogP contribution in [0.15, 0.2) is 34.2 Å². The molecule has 0 saturated heterocycles. The molecule has 4 nitrogen and oxygen atoms in total. The molecule has 0 bridgehead atoms. The molecule has 1 fully saturated rings. The van der Waals surface area contributed by atoms with E-state index in [2.05, 4.69) is 24.3 Å². The Labute approximate surface area is 151 Å². The number of rotatable bonds is 2. The van der Waals surface area contributed by atoms with Crippen molar-refractivity contribution < 1.29 is 0 Å². The lowest BCUT2D eigenvalue weighted by molar-refractivity contribution is 0.283. The maximum Gasteiger partial charge on any atom is 0.258 e. The number of hydrogen-bond acceptors (Lipinski definition) is 4. The van der Waals surface area contributed by atoms with E-state index in [1.165, 1.54) is 36.6 Å². The van der Waals surface area contributed by atoms with Gasteiger partial charge in [-0.1, -0.05) is 55.3 Å². The maximum absolute atomic E-state index is 13.3. The molecule has 25 heavy (non-hydrogen) atoms. The average molecular weight is 351 g/mol. The zero-order valence-electron chi connectivity index (χ0n) is 14.4. The summed E-state index contributed by atoms with van der Waals surface area (Å²) in [6.45, 7) is 0. The van der Waals surface area contributed by atoms with E-state index >= 15 is 0 Å². The van der Waals surface area contributed by atoms with Crippen molar-refractivity contribution >= 4 is 11.8 Å². The first-order valence-electron chi connectivity index (χ1n) is 8.86. The van der Waals surface area contributed by atoms with Crippen LogP contribution in [0.5, 0.6) is 0 Å². The van der Waals surface area contributed by atoms with Crippen LogP contribution >= 0.6 is 11.8 Å². The van der Waals surface area contributed by atoms with Gasteiger partial charge in [-0.05, 0) is 24.8 Å². The van der Waals surface area contributed by atoms with Gasteiger partial charge >= 0.3 is 0 Å². The van der Waals surface area contributed by atoms with Crippen molar-refractivity contribution in [2.75, 3.05) is 5.75 Å². The molecule has 128 valence electrons. The molecular weight excluding hydrogens is 330 g/mol. The number of benzene rings is 1. The normalized spacial score (nSPS) is 17.6. The molecule has 0 N–H and O–H groups in total. The van der Waals surface area contributed by atoms with Gasteiger partial charge in [0.15, 0.2) is 5.16 Å². The smallest absolute Gasteiger partial charge is 0.258 e. The Morgan fingerprint density at radius 3 is 2.80 bits per heavy atom. The summed E-state index contributed by atoms with van der Waals surface area (Å²) in [5.41, 5.74) is 4.16. The van der Waals surface area contributed by atoms with Crippen molar-refractivity contribution in [2.45, 2.75) is 49.1 Å². The lowest BCUT2D eigenvalue weighted by atomic mass is 9.62. The summed E-state index contributed by atoms with van der Waals surface area (Å²) in [5, 5.41) is 9.53. The first-order chi connectivity index (χ1) is 12.2. The number of aromatic nitrogens is 2. The van der Waals surface area contributed by atoms with E-state index < -0.39 is 0 Å². The van der Waals surface area contributed by atoms with Crippen molar-refractivity contribution in [2.24, 2.45) is 7.05 Å². The second-order valence-electron chi connectivity index (χ2n) is 7.10. The summed E-state index contributed by atoms with van der Waals surface area (Å²) in [5.74, 6) is 0.297. The lowest BCUT2D eigenvalue weighted by Crippen LogP contribution is -2.42. The molecule has 0 amide bonds. The quantitative estimate of drug-likeness (QED) is 0.610. The van der Waals surface area contributed by atoms with Crippen LogP contribution in [0.25, 0.3) is 11.3 Å². The van der Waals surface area contributed by atoms with Crippen LogP contribution in [0, 0.1) is 11.3 Å². The Bertz CT molecular complexity index is 920. The summed E-state index contributed by atoms with van der Waals surface area (Å²) >= 11 is 1.33. The molecule has 4 rings (SSSR count). The molecule has 1 aromatic carbocycles. The molecule has 0 unspecified atom stereocenters. The zero-order chi connectivity index (χ0) is 17.4. The highest BCUT2D eigenvalue weighted by Crippen LogP contribution is 2.48. The second kappa shape index (κ2) is 6.34. The van der Waals surface area contributed by atoms with Crippen molar-refractivity contribution in [3.63, 3.8) is 0 Å². The summed E-state index contributed by atoms with van der Waals surface area (Å²) in [6.07, 6.45) is 6.68. The number of thioether (sulfide) groups is 1. The fourth-order valence-electron chi connectivity index (χ4n) is 4.49. The summed E-state index contributed by atoms with van der Waals surface area (Å²) < 4.78 is 1.64. The van der Waals surface area contributed by atoms with E-state index in [1.807, 2.05) is 6.07 Å². The number of hydrogen-bond donors (Lipinski definition) is 0. The van der Waals surface area contributed by atoms with Gasteiger partial charge in [0.05, 0.1) is 23.1 Å². The van der Waals surface area contributed by atoms with Crippen molar-refractivity contribution in [3.05, 3.63) is 45.7 Å². The molecule has 2 aromatic rings. The first kappa shape index (κ1) is 16.4. The van der Waals surface area contributed by atoms with Gasteiger partial charge in [-0.25, -0.2) is 4.98 Å². The van der Waals surface area contributed by atoms with E-state index in [4.69, 9.17) is 10.2 Å². The Kier molecular flexibility index (Phi) is 4.16. The van der Waals surface area contributed by atoms with Gasteiger partial charge in [0, 0.05) is 18.0 Å². The number of nitriles is 1. The van der Waals surface area contributed by atoms with E-state index in [0.29, 0.717) is 10.9 Å². The molecule has 5 heteroatoms. The molecule has 0 atom stereocenters. The van der Waals surface area contributed by atoms with E-state index in [-0.39, 0.29) is 11.0 Å². The highest BCUT2D eigenvalue weighted by Gasteiger charge is 2.43. The van der Waals surface area contributed by atoms with Crippen LogP contribution in [0.4, 0.5) is 0 Å². The van der Waals surface area contributed by atoms with Gasteiger partial charge < -0.3 is 0 Å². The summed E-state index contributed by atoms with van der Waals surface area (Å²) in [7, 11) is 1.78. The molecule has 1 aromatic heterocycles. The van der Waals surface area contributed by atoms with Crippen molar-refractivity contribution in [3.8, 4) is 17.3 Å². The third-order valence-electron chi connectivity index (χ3n) is 5.66. The number of nitrogens with zero attached hydrogens (tertiary/aromatic N) is 3. The lowest BCUT2D eigenvalue weighted by Gasteiger charge is -2.42. The van der Waals surface area contributed by atoms with Crippen LogP contribution in [0.3, 0.4) is 0 Å².